The molecule has 0 saturated carbocycles. The first-order chi connectivity index (χ1) is 9.65. The van der Waals surface area contributed by atoms with Crippen LogP contribution in [0.3, 0.4) is 0 Å². The largest absolute Gasteiger partial charge is 0.399 e. The molecule has 6 heteroatoms. The number of allylic oxidation sites excluding steroid dienone is 1. The fraction of sp³-hybridized carbons (Fsp3) is 0.429. The highest BCUT2D eigenvalue weighted by atomic mass is 35.5. The molecule has 0 aliphatic heterocycles. The van der Waals surface area contributed by atoms with Crippen LogP contribution >= 0.6 is 11.6 Å². The minimum atomic E-state index is -0.587. The molecule has 1 aromatic heterocycles. The van der Waals surface area contributed by atoms with Gasteiger partial charge in [0.1, 0.15) is 0 Å². The van der Waals surface area contributed by atoms with Gasteiger partial charge in [-0.05, 0) is 24.1 Å². The lowest BCUT2D eigenvalue weighted by atomic mass is 9.82. The Morgan fingerprint density at radius 1 is 1.35 bits per heavy atom. The third-order valence-electron chi connectivity index (χ3n) is 3.68. The van der Waals surface area contributed by atoms with Crippen LogP contribution < -0.4 is 5.73 Å². The molecule has 1 unspecified atom stereocenters. The molecule has 1 aromatic rings. The molecule has 0 spiro atoms. The third kappa shape index (κ3) is 2.62. The highest BCUT2D eigenvalue weighted by molar-refractivity contribution is 6.31. The fourth-order valence-electron chi connectivity index (χ4n) is 2.72. The molecule has 0 aromatic carbocycles. The van der Waals surface area contributed by atoms with Crippen molar-refractivity contribution in [2.24, 2.45) is 5.73 Å². The first-order valence-electron chi connectivity index (χ1n) is 6.58. The van der Waals surface area contributed by atoms with Gasteiger partial charge in [0, 0.05) is 36.2 Å². The Balaban J connectivity index is 2.47. The normalized spacial score (nSPS) is 22.8. The van der Waals surface area contributed by atoms with Crippen LogP contribution in [0.15, 0.2) is 41.3 Å². The molecular formula is C14H20ClN3O2. The van der Waals surface area contributed by atoms with Gasteiger partial charge in [0.2, 0.25) is 0 Å². The Kier molecular flexibility index (Phi) is 4.88. The average Bonchev–Trinajstić information content (AvgIpc) is 2.94. The van der Waals surface area contributed by atoms with E-state index in [4.69, 9.17) is 17.3 Å². The molecule has 2 rings (SSSR count). The van der Waals surface area contributed by atoms with Gasteiger partial charge >= 0.3 is 0 Å². The number of nitrogens with one attached hydrogen (secondary N) is 1. The average molecular weight is 298 g/mol. The summed E-state index contributed by atoms with van der Waals surface area (Å²) in [5.74, 6) is 0. The summed E-state index contributed by atoms with van der Waals surface area (Å²) in [6, 6.07) is 1.95. The van der Waals surface area contributed by atoms with Crippen molar-refractivity contribution in [1.82, 2.24) is 9.88 Å². The molecule has 1 aliphatic carbocycles. The molecule has 5 N–H and O–H groups in total. The Morgan fingerprint density at radius 3 is 2.55 bits per heavy atom. The predicted octanol–water partition coefficient (Wildman–Crippen LogP) is 0.866. The number of H-pyrrole nitrogens is 1. The van der Waals surface area contributed by atoms with Crippen LogP contribution in [0, 0.1) is 0 Å². The van der Waals surface area contributed by atoms with Gasteiger partial charge in [-0.2, -0.15) is 0 Å². The lowest BCUT2D eigenvalue weighted by molar-refractivity contribution is 0.0758. The van der Waals surface area contributed by atoms with E-state index in [9.17, 15) is 10.2 Å². The van der Waals surface area contributed by atoms with Gasteiger partial charge in [0.05, 0.1) is 18.8 Å². The number of aliphatic hydroxyl groups is 2. The monoisotopic (exact) mass is 297 g/mol. The maximum Gasteiger partial charge on any atom is 0.0875 e. The molecule has 0 bridgehead atoms. The topological polar surface area (TPSA) is 85.5 Å². The minimum absolute atomic E-state index is 0.00443. The summed E-state index contributed by atoms with van der Waals surface area (Å²) in [4.78, 5) is 5.02. The number of nitrogens with two attached hydrogens (primary N) is 1. The van der Waals surface area contributed by atoms with E-state index in [0.29, 0.717) is 30.2 Å². The van der Waals surface area contributed by atoms with E-state index in [1.165, 1.54) is 0 Å². The second kappa shape index (κ2) is 6.45. The highest BCUT2D eigenvalue weighted by Crippen LogP contribution is 2.44. The summed E-state index contributed by atoms with van der Waals surface area (Å²) in [6.07, 6.45) is 7.97. The van der Waals surface area contributed by atoms with Gasteiger partial charge < -0.3 is 20.9 Å². The van der Waals surface area contributed by atoms with E-state index in [-0.39, 0.29) is 13.2 Å². The molecule has 0 radical (unpaired) electrons. The lowest BCUT2D eigenvalue weighted by Gasteiger charge is -2.44. The number of aromatic amines is 1. The van der Waals surface area contributed by atoms with E-state index in [1.54, 1.807) is 6.08 Å². The Labute approximate surface area is 123 Å². The predicted molar refractivity (Wildman–Crippen MR) is 79.0 cm³/mol. The van der Waals surface area contributed by atoms with Crippen molar-refractivity contribution >= 4 is 11.6 Å². The number of hydrogen-bond acceptors (Lipinski definition) is 4. The number of nitrogens with zero attached hydrogens (tertiary/aromatic N) is 1. The van der Waals surface area contributed by atoms with Gasteiger partial charge in [-0.3, -0.25) is 4.90 Å². The minimum Gasteiger partial charge on any atom is -0.399 e. The number of aliphatic hydroxyl groups excluding tert-OH is 2. The van der Waals surface area contributed by atoms with Gasteiger partial charge in [-0.15, -0.1) is 0 Å². The van der Waals surface area contributed by atoms with Crippen LogP contribution in [0.25, 0.3) is 0 Å². The van der Waals surface area contributed by atoms with Crippen LogP contribution in [-0.2, 0) is 5.54 Å². The Hall–Kier alpha value is -1.27. The molecule has 1 heterocycles. The molecular weight excluding hydrogens is 278 g/mol. The molecule has 0 fully saturated rings. The van der Waals surface area contributed by atoms with Crippen molar-refractivity contribution in [1.29, 1.82) is 0 Å². The zero-order valence-corrected chi connectivity index (χ0v) is 12.0. The maximum atomic E-state index is 9.31. The second-order valence-corrected chi connectivity index (χ2v) is 5.20. The molecule has 1 atom stereocenters. The first kappa shape index (κ1) is 15.1. The molecule has 20 heavy (non-hydrogen) atoms. The summed E-state index contributed by atoms with van der Waals surface area (Å²) in [6.45, 7) is 0.832. The van der Waals surface area contributed by atoms with E-state index in [1.807, 2.05) is 29.4 Å². The summed E-state index contributed by atoms with van der Waals surface area (Å²) in [5.41, 5.74) is 6.86. The first-order valence-corrected chi connectivity index (χ1v) is 6.96. The van der Waals surface area contributed by atoms with Crippen molar-refractivity contribution in [3.8, 4) is 0 Å². The molecule has 1 aliphatic rings. The summed E-state index contributed by atoms with van der Waals surface area (Å²) in [7, 11) is 0. The molecule has 0 saturated heterocycles. The standard InChI is InChI=1S/C14H20ClN3O2/c15-13-9-12(16)1-3-14(13,11-2-4-17-10-11)18(5-7-19)6-8-20/h1-2,4,9-10,17,19-20H,3,5-8,16H2. The zero-order chi connectivity index (χ0) is 14.6. The molecule has 110 valence electrons. The van der Waals surface area contributed by atoms with Crippen LogP contribution in [0.5, 0.6) is 0 Å². The fourth-order valence-corrected chi connectivity index (χ4v) is 3.15. The quantitative estimate of drug-likeness (QED) is 0.627. The second-order valence-electron chi connectivity index (χ2n) is 4.79. The van der Waals surface area contributed by atoms with Crippen molar-refractivity contribution in [2.45, 2.75) is 12.0 Å². The number of aromatic nitrogens is 1. The van der Waals surface area contributed by atoms with Crippen LogP contribution in [0.2, 0.25) is 0 Å². The van der Waals surface area contributed by atoms with Gasteiger partial charge in [-0.1, -0.05) is 17.7 Å². The van der Waals surface area contributed by atoms with E-state index < -0.39 is 5.54 Å². The van der Waals surface area contributed by atoms with Gasteiger partial charge in [0.25, 0.3) is 0 Å². The van der Waals surface area contributed by atoms with Gasteiger partial charge in [-0.25, -0.2) is 0 Å². The Bertz CT molecular complexity index is 493. The SMILES string of the molecule is NC1=CCC(c2cc[nH]c2)(N(CCO)CCO)C(Cl)=C1. The van der Waals surface area contributed by atoms with Crippen molar-refractivity contribution in [3.05, 3.63) is 46.9 Å². The Morgan fingerprint density at radius 2 is 2.05 bits per heavy atom. The number of rotatable bonds is 6. The van der Waals surface area contributed by atoms with Crippen molar-refractivity contribution < 1.29 is 10.2 Å². The van der Waals surface area contributed by atoms with Crippen LogP contribution in [-0.4, -0.2) is 46.4 Å². The van der Waals surface area contributed by atoms with Crippen molar-refractivity contribution in [3.63, 3.8) is 0 Å². The van der Waals surface area contributed by atoms with Crippen molar-refractivity contribution in [2.75, 3.05) is 26.3 Å². The van der Waals surface area contributed by atoms with E-state index >= 15 is 0 Å². The smallest absolute Gasteiger partial charge is 0.0875 e. The zero-order valence-electron chi connectivity index (χ0n) is 11.2. The summed E-state index contributed by atoms with van der Waals surface area (Å²) in [5, 5.41) is 19.2. The lowest BCUT2D eigenvalue weighted by Crippen LogP contribution is -2.49. The van der Waals surface area contributed by atoms with E-state index in [2.05, 4.69) is 4.98 Å². The maximum absolute atomic E-state index is 9.31. The molecule has 5 nitrogen and oxygen atoms in total. The number of hydrogen-bond donors (Lipinski definition) is 4. The summed E-state index contributed by atoms with van der Waals surface area (Å²) < 4.78 is 0. The van der Waals surface area contributed by atoms with Crippen LogP contribution in [0.4, 0.5) is 0 Å². The van der Waals surface area contributed by atoms with Crippen LogP contribution in [0.1, 0.15) is 12.0 Å². The van der Waals surface area contributed by atoms with Gasteiger partial charge in [0.15, 0.2) is 0 Å². The summed E-state index contributed by atoms with van der Waals surface area (Å²) >= 11 is 6.51. The number of halogens is 1. The van der Waals surface area contributed by atoms with E-state index in [0.717, 1.165) is 5.56 Å². The third-order valence-corrected chi connectivity index (χ3v) is 4.10. The highest BCUT2D eigenvalue weighted by Gasteiger charge is 2.42. The molecule has 0 amide bonds.